The van der Waals surface area contributed by atoms with Crippen LogP contribution in [-0.2, 0) is 4.74 Å². The topological polar surface area (TPSA) is 21.3 Å². The zero-order valence-electron chi connectivity index (χ0n) is 10.1. The molecular weight excluding hydrogens is 269 g/mol. The summed E-state index contributed by atoms with van der Waals surface area (Å²) in [7, 11) is 1.40. The normalized spacial score (nSPS) is 16.5. The van der Waals surface area contributed by atoms with E-state index >= 15 is 0 Å². The molecule has 1 fully saturated rings. The molecule has 1 saturated carbocycles. The van der Waals surface area contributed by atoms with Gasteiger partial charge in [-0.2, -0.15) is 0 Å². The summed E-state index contributed by atoms with van der Waals surface area (Å²) in [5.41, 5.74) is -0.995. The predicted molar refractivity (Wildman–Crippen MR) is 58.2 cm³/mol. The van der Waals surface area contributed by atoms with Crippen molar-refractivity contribution < 1.29 is 26.7 Å². The van der Waals surface area contributed by atoms with Crippen LogP contribution >= 0.6 is 0 Å². The molecular formula is C12H12F5NO. The fourth-order valence-corrected chi connectivity index (χ4v) is 1.89. The molecule has 0 radical (unpaired) electrons. The minimum Gasteiger partial charge on any atom is -0.383 e. The molecule has 0 heterocycles. The van der Waals surface area contributed by atoms with E-state index in [0.29, 0.717) is 0 Å². The lowest BCUT2D eigenvalue weighted by molar-refractivity contribution is 0.179. The van der Waals surface area contributed by atoms with Gasteiger partial charge in [-0.25, -0.2) is 22.0 Å². The van der Waals surface area contributed by atoms with Gasteiger partial charge in [0, 0.05) is 7.11 Å². The molecule has 1 aliphatic carbocycles. The Bertz CT molecular complexity index is 460. The second-order valence-corrected chi connectivity index (χ2v) is 4.49. The zero-order valence-corrected chi connectivity index (χ0v) is 10.1. The summed E-state index contributed by atoms with van der Waals surface area (Å²) in [6.45, 7) is 0.129. The van der Waals surface area contributed by atoms with E-state index in [2.05, 4.69) is 5.32 Å². The summed E-state index contributed by atoms with van der Waals surface area (Å²) in [5.74, 6) is -9.64. The molecule has 0 bridgehead atoms. The maximum absolute atomic E-state index is 13.5. The van der Waals surface area contributed by atoms with Crippen molar-refractivity contribution in [1.29, 1.82) is 0 Å². The van der Waals surface area contributed by atoms with E-state index in [1.165, 1.54) is 7.11 Å². The summed E-state index contributed by atoms with van der Waals surface area (Å²) in [4.78, 5) is 0. The van der Waals surface area contributed by atoms with Crippen molar-refractivity contribution in [3.63, 3.8) is 0 Å². The molecule has 106 valence electrons. The van der Waals surface area contributed by atoms with Crippen molar-refractivity contribution >= 4 is 5.69 Å². The molecule has 1 aliphatic rings. The summed E-state index contributed by atoms with van der Waals surface area (Å²) in [6.07, 6.45) is 1.66. The van der Waals surface area contributed by atoms with E-state index in [-0.39, 0.29) is 12.5 Å². The number of nitrogens with one attached hydrogen (secondary N) is 1. The van der Waals surface area contributed by atoms with Gasteiger partial charge in [0.1, 0.15) is 5.69 Å². The SMILES string of the molecule is COCC(Nc1c(F)c(F)c(F)c(F)c1F)C1CC1. The van der Waals surface area contributed by atoms with Gasteiger partial charge >= 0.3 is 0 Å². The van der Waals surface area contributed by atoms with Gasteiger partial charge in [-0.15, -0.1) is 0 Å². The number of ether oxygens (including phenoxy) is 1. The average Bonchev–Trinajstić information content (AvgIpc) is 3.22. The van der Waals surface area contributed by atoms with Crippen molar-refractivity contribution in [3.05, 3.63) is 29.1 Å². The van der Waals surface area contributed by atoms with Crippen LogP contribution in [0.15, 0.2) is 0 Å². The Morgan fingerprint density at radius 3 is 1.89 bits per heavy atom. The lowest BCUT2D eigenvalue weighted by Crippen LogP contribution is -2.29. The summed E-state index contributed by atoms with van der Waals surface area (Å²) in [6, 6.07) is -0.474. The van der Waals surface area contributed by atoms with Crippen molar-refractivity contribution in [2.45, 2.75) is 18.9 Å². The number of hydrogen-bond acceptors (Lipinski definition) is 2. The van der Waals surface area contributed by atoms with Crippen molar-refractivity contribution in [2.24, 2.45) is 5.92 Å². The third-order valence-electron chi connectivity index (χ3n) is 3.08. The first-order valence-electron chi connectivity index (χ1n) is 5.74. The van der Waals surface area contributed by atoms with Gasteiger partial charge in [-0.05, 0) is 18.8 Å². The molecule has 1 unspecified atom stereocenters. The lowest BCUT2D eigenvalue weighted by Gasteiger charge is -2.20. The second kappa shape index (κ2) is 5.32. The van der Waals surface area contributed by atoms with Crippen LogP contribution in [0.1, 0.15) is 12.8 Å². The molecule has 0 saturated heterocycles. The van der Waals surface area contributed by atoms with Crippen LogP contribution in [0.4, 0.5) is 27.6 Å². The van der Waals surface area contributed by atoms with Gasteiger partial charge in [0.05, 0.1) is 12.6 Å². The molecule has 0 spiro atoms. The number of rotatable bonds is 5. The quantitative estimate of drug-likeness (QED) is 0.508. The van der Waals surface area contributed by atoms with E-state index in [1.807, 2.05) is 0 Å². The molecule has 0 amide bonds. The maximum Gasteiger partial charge on any atom is 0.200 e. The predicted octanol–water partition coefficient (Wildman–Crippen LogP) is 3.22. The van der Waals surface area contributed by atoms with Crippen LogP contribution in [0.3, 0.4) is 0 Å². The Balaban J connectivity index is 2.33. The Kier molecular flexibility index (Phi) is 3.93. The van der Waals surface area contributed by atoms with Crippen molar-refractivity contribution in [1.82, 2.24) is 0 Å². The fraction of sp³-hybridized carbons (Fsp3) is 0.500. The highest BCUT2D eigenvalue weighted by molar-refractivity contribution is 5.48. The summed E-state index contributed by atoms with van der Waals surface area (Å²) < 4.78 is 70.7. The van der Waals surface area contributed by atoms with Crippen molar-refractivity contribution in [3.8, 4) is 0 Å². The van der Waals surface area contributed by atoms with Crippen molar-refractivity contribution in [2.75, 3.05) is 19.0 Å². The van der Waals surface area contributed by atoms with Crippen LogP contribution < -0.4 is 5.32 Å². The molecule has 0 aromatic heterocycles. The first-order valence-corrected chi connectivity index (χ1v) is 5.74. The second-order valence-electron chi connectivity index (χ2n) is 4.49. The van der Waals surface area contributed by atoms with Crippen LogP contribution in [0.2, 0.25) is 0 Å². The first-order chi connectivity index (χ1) is 8.97. The first kappa shape index (κ1) is 14.0. The molecule has 7 heteroatoms. The molecule has 1 N–H and O–H groups in total. The minimum absolute atomic E-state index is 0.120. The molecule has 1 atom stereocenters. The Morgan fingerprint density at radius 2 is 1.47 bits per heavy atom. The van der Waals surface area contributed by atoms with E-state index in [1.54, 1.807) is 0 Å². The van der Waals surface area contributed by atoms with Crippen LogP contribution in [0.25, 0.3) is 0 Å². The maximum atomic E-state index is 13.5. The number of halogens is 5. The van der Waals surface area contributed by atoms with Gasteiger partial charge in [0.2, 0.25) is 5.82 Å². The highest BCUT2D eigenvalue weighted by atomic mass is 19.2. The van der Waals surface area contributed by atoms with Crippen LogP contribution in [-0.4, -0.2) is 19.8 Å². The van der Waals surface area contributed by atoms with E-state index in [4.69, 9.17) is 4.74 Å². The third kappa shape index (κ3) is 2.65. The smallest absolute Gasteiger partial charge is 0.200 e. The lowest BCUT2D eigenvalue weighted by atomic mass is 10.1. The summed E-state index contributed by atoms with van der Waals surface area (Å²) in [5, 5.41) is 2.37. The van der Waals surface area contributed by atoms with Crippen LogP contribution in [0.5, 0.6) is 0 Å². The number of benzene rings is 1. The average molecular weight is 281 g/mol. The minimum atomic E-state index is -2.16. The molecule has 2 rings (SSSR count). The Hall–Kier alpha value is -1.37. The highest BCUT2D eigenvalue weighted by Crippen LogP contribution is 2.36. The third-order valence-corrected chi connectivity index (χ3v) is 3.08. The largest absolute Gasteiger partial charge is 0.383 e. The van der Waals surface area contributed by atoms with Crippen LogP contribution in [0, 0.1) is 35.0 Å². The molecule has 1 aromatic carbocycles. The molecule has 0 aliphatic heterocycles. The highest BCUT2D eigenvalue weighted by Gasteiger charge is 2.34. The molecule has 19 heavy (non-hydrogen) atoms. The van der Waals surface area contributed by atoms with Gasteiger partial charge in [0.25, 0.3) is 0 Å². The Morgan fingerprint density at radius 1 is 1.00 bits per heavy atom. The number of anilines is 1. The van der Waals surface area contributed by atoms with E-state index in [9.17, 15) is 22.0 Å². The standard InChI is InChI=1S/C12H12F5NO/c1-19-4-6(5-2-3-5)18-12-10(16)8(14)7(13)9(15)11(12)17/h5-6,18H,2-4H2,1H3. The van der Waals surface area contributed by atoms with Gasteiger partial charge in [-0.3, -0.25) is 0 Å². The monoisotopic (exact) mass is 281 g/mol. The Labute approximate surface area is 106 Å². The van der Waals surface area contributed by atoms with E-state index < -0.39 is 40.8 Å². The summed E-state index contributed by atoms with van der Waals surface area (Å²) >= 11 is 0. The number of hydrogen-bond donors (Lipinski definition) is 1. The van der Waals surface area contributed by atoms with Gasteiger partial charge in [-0.1, -0.05) is 0 Å². The van der Waals surface area contributed by atoms with Gasteiger partial charge < -0.3 is 10.1 Å². The number of methoxy groups -OCH3 is 1. The molecule has 2 nitrogen and oxygen atoms in total. The zero-order chi connectivity index (χ0) is 14.2. The van der Waals surface area contributed by atoms with E-state index in [0.717, 1.165) is 12.8 Å². The molecule has 1 aromatic rings. The fourth-order valence-electron chi connectivity index (χ4n) is 1.89. The van der Waals surface area contributed by atoms with Gasteiger partial charge in [0.15, 0.2) is 23.3 Å².